The van der Waals surface area contributed by atoms with Crippen LogP contribution in [0.3, 0.4) is 0 Å². The number of carbonyl (C=O) groups is 1. The molecule has 10 nitrogen and oxygen atoms in total. The molecule has 0 amide bonds. The fourth-order valence-electron chi connectivity index (χ4n) is 4.80. The minimum Gasteiger partial charge on any atom is -0.468 e. The molecule has 4 atom stereocenters. The Morgan fingerprint density at radius 2 is 2.03 bits per heavy atom. The van der Waals surface area contributed by atoms with E-state index in [0.717, 1.165) is 12.1 Å². The highest BCUT2D eigenvalue weighted by molar-refractivity contribution is 7.92. The van der Waals surface area contributed by atoms with Gasteiger partial charge in [0.05, 0.1) is 41.2 Å². The molecule has 206 valence electrons. The number of esters is 1. The highest BCUT2D eigenvalue weighted by atomic mass is 32.2. The zero-order valence-corrected chi connectivity index (χ0v) is 21.4. The van der Waals surface area contributed by atoms with Gasteiger partial charge in [-0.2, -0.15) is 23.5 Å². The summed E-state index contributed by atoms with van der Waals surface area (Å²) in [5.74, 6) is -1.33. The van der Waals surface area contributed by atoms with Gasteiger partial charge in [0.15, 0.2) is 9.84 Å². The zero-order valence-electron chi connectivity index (χ0n) is 20.6. The molecule has 0 aliphatic heterocycles. The van der Waals surface area contributed by atoms with E-state index in [2.05, 4.69) is 21.2 Å². The molecule has 4 rings (SSSR count). The number of alkyl halides is 3. The third kappa shape index (κ3) is 5.56. The molecule has 2 aromatic rings. The molecule has 2 saturated carbocycles. The summed E-state index contributed by atoms with van der Waals surface area (Å²) in [6.45, 7) is -0.241. The van der Waals surface area contributed by atoms with Crippen molar-refractivity contribution in [3.63, 3.8) is 0 Å². The van der Waals surface area contributed by atoms with Crippen molar-refractivity contribution in [1.82, 2.24) is 15.1 Å². The van der Waals surface area contributed by atoms with Crippen LogP contribution in [0.15, 0.2) is 35.5 Å². The maximum atomic E-state index is 14.1. The number of rotatable bonds is 9. The average Bonchev–Trinajstić information content (AvgIpc) is 3.27. The van der Waals surface area contributed by atoms with Crippen molar-refractivity contribution < 1.29 is 41.0 Å². The lowest BCUT2D eigenvalue weighted by atomic mass is 10.0. The molecule has 38 heavy (non-hydrogen) atoms. The molecule has 2 N–H and O–H groups in total. The predicted molar refractivity (Wildman–Crippen MR) is 126 cm³/mol. The Hall–Kier alpha value is -2.99. The van der Waals surface area contributed by atoms with E-state index in [9.17, 15) is 36.8 Å². The van der Waals surface area contributed by atoms with Crippen LogP contribution in [0, 0.1) is 17.2 Å². The van der Waals surface area contributed by atoms with Crippen LogP contribution in [0.25, 0.3) is 11.1 Å². The molecule has 2 fully saturated rings. The first-order chi connectivity index (χ1) is 17.8. The quantitative estimate of drug-likeness (QED) is 0.351. The van der Waals surface area contributed by atoms with Crippen LogP contribution >= 0.6 is 0 Å². The molecule has 0 saturated heterocycles. The number of ether oxygens (including phenoxy) is 2. The minimum absolute atomic E-state index is 0.0670. The Bertz CT molecular complexity index is 1350. The number of hydrogen-bond acceptors (Lipinski definition) is 9. The summed E-state index contributed by atoms with van der Waals surface area (Å²) in [5, 5.41) is 25.5. The zero-order chi connectivity index (χ0) is 27.9. The highest BCUT2D eigenvalue weighted by Gasteiger charge is 2.51. The van der Waals surface area contributed by atoms with E-state index >= 15 is 0 Å². The maximum absolute atomic E-state index is 14.1. The highest BCUT2D eigenvalue weighted by Crippen LogP contribution is 2.43. The summed E-state index contributed by atoms with van der Waals surface area (Å²) >= 11 is 0. The van der Waals surface area contributed by atoms with E-state index in [-0.39, 0.29) is 30.5 Å². The molecular formula is C24H27F3N4O6S. The van der Waals surface area contributed by atoms with Gasteiger partial charge in [-0.05, 0) is 43.4 Å². The fraction of sp³-hybridized carbons (Fsp3) is 0.542. The van der Waals surface area contributed by atoms with Crippen LogP contribution in [0.1, 0.15) is 31.2 Å². The van der Waals surface area contributed by atoms with Gasteiger partial charge < -0.3 is 14.6 Å². The van der Waals surface area contributed by atoms with Gasteiger partial charge in [-0.3, -0.25) is 14.8 Å². The number of nitriles is 1. The first-order valence-electron chi connectivity index (χ1n) is 11.8. The number of aliphatic hydroxyl groups excluding tert-OH is 1. The third-order valence-corrected chi connectivity index (χ3v) is 9.35. The maximum Gasteiger partial charge on any atom is 0.417 e. The molecule has 1 heterocycles. The second-order valence-electron chi connectivity index (χ2n) is 9.57. The van der Waals surface area contributed by atoms with Crippen molar-refractivity contribution in [3.05, 3.63) is 36.2 Å². The van der Waals surface area contributed by atoms with Crippen molar-refractivity contribution in [1.29, 1.82) is 5.26 Å². The summed E-state index contributed by atoms with van der Waals surface area (Å²) in [6, 6.07) is 4.99. The van der Waals surface area contributed by atoms with Gasteiger partial charge in [0.2, 0.25) is 0 Å². The molecule has 1 unspecified atom stereocenters. The third-order valence-electron chi connectivity index (χ3n) is 7.12. The molecule has 2 aliphatic rings. The Labute approximate surface area is 217 Å². The van der Waals surface area contributed by atoms with Crippen LogP contribution in [-0.2, 0) is 36.8 Å². The Morgan fingerprint density at radius 1 is 1.32 bits per heavy atom. The summed E-state index contributed by atoms with van der Waals surface area (Å²) in [7, 11) is -1.96. The normalized spacial score (nSPS) is 23.6. The standard InChI is InChI=1S/C24H27F3N4O6S/c1-36-19-9-16(8-17(19)22(33)30-23(13-28)5-6-23)38(34,35)20-4-3-14(7-18(20)24(25,26)27)15-10-29-31(11-15)12-21(32)37-2/h3-4,7,10-11,16-17,19,22,30,33H,5-6,8-9,12H2,1-2H3/t16-,17?,19-,22+/m1/s1. The van der Waals surface area contributed by atoms with Gasteiger partial charge in [0.1, 0.15) is 18.3 Å². The van der Waals surface area contributed by atoms with Gasteiger partial charge in [0.25, 0.3) is 0 Å². The summed E-state index contributed by atoms with van der Waals surface area (Å²) in [5.41, 5.74) is -1.88. The smallest absolute Gasteiger partial charge is 0.417 e. The van der Waals surface area contributed by atoms with Crippen molar-refractivity contribution in [3.8, 4) is 17.2 Å². The molecule has 1 aromatic carbocycles. The summed E-state index contributed by atoms with van der Waals surface area (Å²) < 4.78 is 80.5. The van der Waals surface area contributed by atoms with Gasteiger partial charge in [-0.15, -0.1) is 0 Å². The molecule has 0 radical (unpaired) electrons. The van der Waals surface area contributed by atoms with Gasteiger partial charge >= 0.3 is 12.1 Å². The number of carbonyl (C=O) groups excluding carboxylic acids is 1. The van der Waals surface area contributed by atoms with E-state index < -0.39 is 61.5 Å². The Balaban J connectivity index is 1.62. The Morgan fingerprint density at radius 3 is 2.61 bits per heavy atom. The van der Waals surface area contributed by atoms with E-state index in [1.54, 1.807) is 0 Å². The molecule has 0 spiro atoms. The SMILES string of the molecule is COC(=O)Cn1cc(-c2ccc(S(=O)(=O)[C@@H]3CC([C@H](O)NC4(C#N)CC4)[C@H](OC)C3)c(C(F)(F)F)c2)cn1. The number of halogens is 3. The Kier molecular flexibility index (Phi) is 7.59. The van der Waals surface area contributed by atoms with E-state index in [0.29, 0.717) is 12.8 Å². The number of aromatic nitrogens is 2. The number of nitrogens with one attached hydrogen (secondary N) is 1. The predicted octanol–water partition coefficient (Wildman–Crippen LogP) is 2.27. The lowest BCUT2D eigenvalue weighted by Crippen LogP contribution is -2.46. The molecule has 2 aliphatic carbocycles. The topological polar surface area (TPSA) is 144 Å². The largest absolute Gasteiger partial charge is 0.468 e. The number of sulfone groups is 1. The fourth-order valence-corrected chi connectivity index (χ4v) is 6.82. The minimum atomic E-state index is -4.98. The second-order valence-corrected chi connectivity index (χ2v) is 11.8. The van der Waals surface area contributed by atoms with Gasteiger partial charge in [0, 0.05) is 24.8 Å². The van der Waals surface area contributed by atoms with Crippen LogP contribution < -0.4 is 5.32 Å². The van der Waals surface area contributed by atoms with E-state index in [1.165, 1.54) is 37.4 Å². The monoisotopic (exact) mass is 556 g/mol. The van der Waals surface area contributed by atoms with Crippen LogP contribution in [0.2, 0.25) is 0 Å². The summed E-state index contributed by atoms with van der Waals surface area (Å²) in [6.07, 6.45) is -3.53. The van der Waals surface area contributed by atoms with E-state index in [4.69, 9.17) is 4.74 Å². The van der Waals surface area contributed by atoms with Crippen molar-refractivity contribution >= 4 is 15.8 Å². The van der Waals surface area contributed by atoms with Gasteiger partial charge in [-0.1, -0.05) is 6.07 Å². The lowest BCUT2D eigenvalue weighted by Gasteiger charge is -2.26. The van der Waals surface area contributed by atoms with Crippen molar-refractivity contribution in [2.75, 3.05) is 14.2 Å². The van der Waals surface area contributed by atoms with Crippen LogP contribution in [-0.4, -0.2) is 66.6 Å². The molecule has 14 heteroatoms. The van der Waals surface area contributed by atoms with Crippen LogP contribution in [0.5, 0.6) is 0 Å². The number of aliphatic hydroxyl groups is 1. The number of methoxy groups -OCH3 is 2. The summed E-state index contributed by atoms with van der Waals surface area (Å²) in [4.78, 5) is 10.6. The molecule has 1 aromatic heterocycles. The number of hydrogen-bond donors (Lipinski definition) is 2. The number of nitrogens with zero attached hydrogens (tertiary/aromatic N) is 3. The first-order valence-corrected chi connectivity index (χ1v) is 13.3. The average molecular weight is 557 g/mol. The first kappa shape index (κ1) is 28.0. The molecular weight excluding hydrogens is 529 g/mol. The second kappa shape index (κ2) is 10.3. The van der Waals surface area contributed by atoms with Crippen LogP contribution in [0.4, 0.5) is 13.2 Å². The van der Waals surface area contributed by atoms with Crippen molar-refractivity contribution in [2.24, 2.45) is 5.92 Å². The van der Waals surface area contributed by atoms with Gasteiger partial charge in [-0.25, -0.2) is 8.42 Å². The molecule has 0 bridgehead atoms. The lowest BCUT2D eigenvalue weighted by molar-refractivity contribution is -0.141. The number of benzene rings is 1. The van der Waals surface area contributed by atoms with E-state index in [1.807, 2.05) is 0 Å². The van der Waals surface area contributed by atoms with Crippen molar-refractivity contribution in [2.45, 2.75) is 66.4 Å².